The Kier molecular flexibility index (Phi) is 5.94. The van der Waals surface area contributed by atoms with Crippen LogP contribution >= 0.6 is 0 Å². The molecule has 0 radical (unpaired) electrons. The number of carbonyl (C=O) groups is 1. The fraction of sp³-hybridized carbons (Fsp3) is 0.350. The molecule has 1 unspecified atom stereocenters. The fourth-order valence-electron chi connectivity index (χ4n) is 3.20. The minimum absolute atomic E-state index is 0.0645. The monoisotopic (exact) mass is 311 g/mol. The van der Waals surface area contributed by atoms with Gasteiger partial charge in [-0.15, -0.1) is 6.58 Å². The van der Waals surface area contributed by atoms with E-state index in [1.165, 1.54) is 5.56 Å². The number of nitrogens with zero attached hydrogens (tertiary/aromatic N) is 1. The molecule has 23 heavy (non-hydrogen) atoms. The van der Waals surface area contributed by atoms with Crippen molar-refractivity contribution in [1.29, 1.82) is 0 Å². The molecule has 1 aliphatic rings. The Morgan fingerprint density at radius 3 is 2.70 bits per heavy atom. The second-order valence-corrected chi connectivity index (χ2v) is 6.06. The molecule has 1 N–H and O–H groups in total. The largest absolute Gasteiger partial charge is 0.481 e. The van der Waals surface area contributed by atoms with Crippen LogP contribution in [0.3, 0.4) is 0 Å². The molecule has 0 bridgehead atoms. The number of carboxylic acid groups (broad SMARTS) is 1. The zero-order valence-corrected chi connectivity index (χ0v) is 13.7. The minimum atomic E-state index is -0.767. The molecule has 0 heterocycles. The lowest BCUT2D eigenvalue weighted by atomic mass is 9.87. The maximum atomic E-state index is 11.2. The molecule has 3 nitrogen and oxygen atoms in total. The first kappa shape index (κ1) is 17.2. The van der Waals surface area contributed by atoms with Crippen LogP contribution in [0.5, 0.6) is 0 Å². The van der Waals surface area contributed by atoms with Gasteiger partial charge in [0.15, 0.2) is 0 Å². The van der Waals surface area contributed by atoms with Crippen LogP contribution in [0.25, 0.3) is 0 Å². The van der Waals surface area contributed by atoms with Crippen molar-refractivity contribution in [2.75, 3.05) is 6.54 Å². The summed E-state index contributed by atoms with van der Waals surface area (Å²) in [6.07, 6.45) is 12.1. The fourth-order valence-corrected chi connectivity index (χ4v) is 3.20. The van der Waals surface area contributed by atoms with E-state index in [-0.39, 0.29) is 18.0 Å². The van der Waals surface area contributed by atoms with Gasteiger partial charge in [0.2, 0.25) is 0 Å². The summed E-state index contributed by atoms with van der Waals surface area (Å²) < 4.78 is 0. The lowest BCUT2D eigenvalue weighted by Crippen LogP contribution is -2.52. The third-order valence-electron chi connectivity index (χ3n) is 4.45. The van der Waals surface area contributed by atoms with Crippen molar-refractivity contribution in [2.24, 2.45) is 0 Å². The normalized spacial score (nSPS) is 21.3. The summed E-state index contributed by atoms with van der Waals surface area (Å²) >= 11 is 0. The van der Waals surface area contributed by atoms with Crippen molar-refractivity contribution in [3.8, 4) is 0 Å². The Labute approximate surface area is 138 Å². The summed E-state index contributed by atoms with van der Waals surface area (Å²) in [5.74, 6) is -0.767. The summed E-state index contributed by atoms with van der Waals surface area (Å²) in [4.78, 5) is 13.4. The van der Waals surface area contributed by atoms with Gasteiger partial charge in [-0.2, -0.15) is 0 Å². The average molecular weight is 311 g/mol. The van der Waals surface area contributed by atoms with E-state index in [4.69, 9.17) is 0 Å². The van der Waals surface area contributed by atoms with Crippen molar-refractivity contribution in [3.05, 3.63) is 72.9 Å². The second-order valence-electron chi connectivity index (χ2n) is 6.06. The molecule has 2 rings (SSSR count). The van der Waals surface area contributed by atoms with Gasteiger partial charge in [0, 0.05) is 12.6 Å². The molecule has 3 heteroatoms. The average Bonchev–Trinajstić information content (AvgIpc) is 2.56. The van der Waals surface area contributed by atoms with E-state index in [0.717, 1.165) is 19.4 Å². The van der Waals surface area contributed by atoms with Crippen LogP contribution in [0.15, 0.2) is 67.3 Å². The number of allylic oxidation sites excluding steroid dienone is 2. The van der Waals surface area contributed by atoms with Crippen molar-refractivity contribution >= 4 is 5.97 Å². The topological polar surface area (TPSA) is 40.5 Å². The van der Waals surface area contributed by atoms with Crippen molar-refractivity contribution in [1.82, 2.24) is 4.90 Å². The molecule has 0 saturated heterocycles. The van der Waals surface area contributed by atoms with Crippen LogP contribution in [0.1, 0.15) is 25.3 Å². The first-order valence-corrected chi connectivity index (χ1v) is 8.08. The first-order chi connectivity index (χ1) is 11.1. The third-order valence-corrected chi connectivity index (χ3v) is 4.45. The zero-order valence-electron chi connectivity index (χ0n) is 13.7. The van der Waals surface area contributed by atoms with Gasteiger partial charge < -0.3 is 5.11 Å². The Balaban J connectivity index is 2.20. The molecule has 1 aliphatic carbocycles. The molecule has 0 amide bonds. The maximum absolute atomic E-state index is 11.2. The Hall–Kier alpha value is -2.13. The number of hydrogen-bond donors (Lipinski definition) is 1. The Morgan fingerprint density at radius 1 is 1.39 bits per heavy atom. The predicted molar refractivity (Wildman–Crippen MR) is 94.4 cm³/mol. The van der Waals surface area contributed by atoms with Gasteiger partial charge in [0.1, 0.15) is 0 Å². The second kappa shape index (κ2) is 7.93. The summed E-state index contributed by atoms with van der Waals surface area (Å²) in [6, 6.07) is 10.2. The van der Waals surface area contributed by atoms with E-state index < -0.39 is 5.97 Å². The molecule has 2 atom stereocenters. The highest BCUT2D eigenvalue weighted by Gasteiger charge is 2.34. The van der Waals surface area contributed by atoms with Crippen LogP contribution in [-0.2, 0) is 11.2 Å². The van der Waals surface area contributed by atoms with E-state index in [0.29, 0.717) is 0 Å². The molecule has 0 aliphatic heterocycles. The SMILES string of the molecule is C=C[C@@]1(N(CCc2ccccc2)C(C)CC(=O)O)C=CC=CC1. The predicted octanol–water partition coefficient (Wildman–Crippen LogP) is 3.84. The van der Waals surface area contributed by atoms with Crippen LogP contribution in [0, 0.1) is 0 Å². The standard InChI is InChI=1S/C20H25NO2/c1-3-20(13-8-5-9-14-20)21(17(2)16-19(22)23)15-12-18-10-6-4-7-11-18/h3-11,13,17H,1,12,14-16H2,2H3,(H,22,23)/t17?,20-/m1/s1. The first-order valence-electron chi connectivity index (χ1n) is 8.08. The Bertz CT molecular complexity index is 591. The van der Waals surface area contributed by atoms with Crippen molar-refractivity contribution < 1.29 is 9.90 Å². The summed E-state index contributed by atoms with van der Waals surface area (Å²) in [7, 11) is 0. The highest BCUT2D eigenvalue weighted by molar-refractivity contribution is 5.67. The number of rotatable bonds is 8. The van der Waals surface area contributed by atoms with Gasteiger partial charge in [-0.3, -0.25) is 9.69 Å². The van der Waals surface area contributed by atoms with Gasteiger partial charge in [0.25, 0.3) is 0 Å². The van der Waals surface area contributed by atoms with Gasteiger partial charge in [-0.05, 0) is 25.3 Å². The van der Waals surface area contributed by atoms with E-state index in [1.54, 1.807) is 0 Å². The lowest BCUT2D eigenvalue weighted by molar-refractivity contribution is -0.138. The van der Waals surface area contributed by atoms with Crippen LogP contribution in [0.2, 0.25) is 0 Å². The van der Waals surface area contributed by atoms with E-state index >= 15 is 0 Å². The van der Waals surface area contributed by atoms with Crippen LogP contribution in [-0.4, -0.2) is 34.1 Å². The summed E-state index contributed by atoms with van der Waals surface area (Å²) in [5.41, 5.74) is 0.952. The van der Waals surface area contributed by atoms with Gasteiger partial charge >= 0.3 is 5.97 Å². The highest BCUT2D eigenvalue weighted by Crippen LogP contribution is 2.30. The molecule has 122 valence electrons. The Morgan fingerprint density at radius 2 is 2.13 bits per heavy atom. The van der Waals surface area contributed by atoms with Crippen molar-refractivity contribution in [2.45, 2.75) is 37.8 Å². The van der Waals surface area contributed by atoms with Gasteiger partial charge in [0.05, 0.1) is 12.0 Å². The molecular weight excluding hydrogens is 286 g/mol. The molecular formula is C20H25NO2. The number of benzene rings is 1. The highest BCUT2D eigenvalue weighted by atomic mass is 16.4. The zero-order chi connectivity index (χ0) is 16.7. The van der Waals surface area contributed by atoms with Crippen LogP contribution in [0.4, 0.5) is 0 Å². The maximum Gasteiger partial charge on any atom is 0.304 e. The third kappa shape index (κ3) is 4.42. The smallest absolute Gasteiger partial charge is 0.304 e. The van der Waals surface area contributed by atoms with E-state index in [9.17, 15) is 9.90 Å². The molecule has 1 aromatic rings. The molecule has 0 aromatic heterocycles. The van der Waals surface area contributed by atoms with E-state index in [1.807, 2.05) is 43.4 Å². The molecule has 0 fully saturated rings. The molecule has 1 aromatic carbocycles. The van der Waals surface area contributed by atoms with Gasteiger partial charge in [-0.1, -0.05) is 60.7 Å². The number of carboxylic acids is 1. The summed E-state index contributed by atoms with van der Waals surface area (Å²) in [5, 5.41) is 9.19. The molecule has 0 spiro atoms. The quantitative estimate of drug-likeness (QED) is 0.742. The lowest BCUT2D eigenvalue weighted by Gasteiger charge is -2.44. The van der Waals surface area contributed by atoms with Crippen molar-refractivity contribution in [3.63, 3.8) is 0 Å². The number of aliphatic carboxylic acids is 1. The molecule has 0 saturated carbocycles. The van der Waals surface area contributed by atoms with E-state index in [2.05, 4.69) is 35.8 Å². The minimum Gasteiger partial charge on any atom is -0.481 e. The summed E-state index contributed by atoms with van der Waals surface area (Å²) in [6.45, 7) is 6.80. The van der Waals surface area contributed by atoms with Crippen LogP contribution < -0.4 is 0 Å². The number of hydrogen-bond acceptors (Lipinski definition) is 2. The van der Waals surface area contributed by atoms with Gasteiger partial charge in [-0.25, -0.2) is 0 Å².